The van der Waals surface area contributed by atoms with Crippen LogP contribution in [0.25, 0.3) is 17.1 Å². The number of aromatic nitrogens is 3. The zero-order valence-electron chi connectivity index (χ0n) is 14.3. The van der Waals surface area contributed by atoms with Gasteiger partial charge in [-0.3, -0.25) is 4.57 Å². The van der Waals surface area contributed by atoms with Gasteiger partial charge in [-0.1, -0.05) is 29.8 Å². The van der Waals surface area contributed by atoms with Crippen molar-refractivity contribution in [3.8, 4) is 22.8 Å². The van der Waals surface area contributed by atoms with Crippen LogP contribution in [0.3, 0.4) is 0 Å². The molecular weight excluding hydrogens is 334 g/mol. The second-order valence-corrected chi connectivity index (χ2v) is 6.14. The fourth-order valence-corrected chi connectivity index (χ4v) is 3.03. The van der Waals surface area contributed by atoms with E-state index in [9.17, 15) is 0 Å². The van der Waals surface area contributed by atoms with Crippen LogP contribution in [-0.4, -0.2) is 33.2 Å². The number of rotatable bonds is 6. The molecular formula is C19H21N3O2S. The van der Waals surface area contributed by atoms with E-state index in [1.807, 2.05) is 53.1 Å². The molecule has 1 aromatic heterocycles. The number of aryl methyl sites for hydroxylation is 2. The molecule has 5 nitrogen and oxygen atoms in total. The maximum Gasteiger partial charge on any atom is 0.202 e. The number of hydrogen-bond acceptors (Lipinski definition) is 4. The SMILES string of the molecule is COc1ccccc1-c1nn(CCCO)c(=S)n1-c1ccc(C)cc1. The number of aliphatic hydroxyl groups is 1. The molecule has 130 valence electrons. The van der Waals surface area contributed by atoms with Gasteiger partial charge < -0.3 is 9.84 Å². The Hall–Kier alpha value is -2.44. The summed E-state index contributed by atoms with van der Waals surface area (Å²) in [4.78, 5) is 0. The lowest BCUT2D eigenvalue weighted by Gasteiger charge is -2.10. The predicted molar refractivity (Wildman–Crippen MR) is 101 cm³/mol. The highest BCUT2D eigenvalue weighted by molar-refractivity contribution is 7.71. The Morgan fingerprint density at radius 2 is 1.84 bits per heavy atom. The predicted octanol–water partition coefficient (Wildman–Crippen LogP) is 3.77. The van der Waals surface area contributed by atoms with E-state index in [2.05, 4.69) is 6.92 Å². The molecule has 2 aromatic carbocycles. The Kier molecular flexibility index (Phi) is 5.31. The van der Waals surface area contributed by atoms with E-state index in [4.69, 9.17) is 27.2 Å². The van der Waals surface area contributed by atoms with Crippen molar-refractivity contribution in [2.75, 3.05) is 13.7 Å². The molecule has 0 saturated carbocycles. The molecule has 0 aliphatic carbocycles. The van der Waals surface area contributed by atoms with Gasteiger partial charge in [-0.15, -0.1) is 0 Å². The molecule has 1 N–H and O–H groups in total. The van der Waals surface area contributed by atoms with Crippen LogP contribution < -0.4 is 4.74 Å². The van der Waals surface area contributed by atoms with Gasteiger partial charge in [0.05, 0.1) is 12.7 Å². The van der Waals surface area contributed by atoms with Crippen molar-refractivity contribution in [3.63, 3.8) is 0 Å². The van der Waals surface area contributed by atoms with Gasteiger partial charge >= 0.3 is 0 Å². The molecule has 3 rings (SSSR count). The van der Waals surface area contributed by atoms with Gasteiger partial charge in [0.2, 0.25) is 4.77 Å². The Labute approximate surface area is 152 Å². The lowest BCUT2D eigenvalue weighted by molar-refractivity contribution is 0.276. The Morgan fingerprint density at radius 3 is 2.52 bits per heavy atom. The largest absolute Gasteiger partial charge is 0.496 e. The molecule has 0 saturated heterocycles. The van der Waals surface area contributed by atoms with E-state index in [1.54, 1.807) is 11.8 Å². The van der Waals surface area contributed by atoms with Crippen LogP contribution in [0.15, 0.2) is 48.5 Å². The summed E-state index contributed by atoms with van der Waals surface area (Å²) in [5.74, 6) is 1.47. The Morgan fingerprint density at radius 1 is 1.12 bits per heavy atom. The Balaban J connectivity index is 2.22. The first-order valence-electron chi connectivity index (χ1n) is 8.17. The molecule has 0 unspecified atom stereocenters. The number of hydrogen-bond donors (Lipinski definition) is 1. The van der Waals surface area contributed by atoms with Gasteiger partial charge in [-0.05, 0) is 49.8 Å². The van der Waals surface area contributed by atoms with Crippen molar-refractivity contribution in [2.24, 2.45) is 0 Å². The monoisotopic (exact) mass is 355 g/mol. The van der Waals surface area contributed by atoms with Crippen LogP contribution in [0, 0.1) is 11.7 Å². The highest BCUT2D eigenvalue weighted by atomic mass is 32.1. The highest BCUT2D eigenvalue weighted by Gasteiger charge is 2.17. The number of aliphatic hydroxyl groups excluding tert-OH is 1. The number of ether oxygens (including phenoxy) is 1. The van der Waals surface area contributed by atoms with Crippen LogP contribution in [0.5, 0.6) is 5.75 Å². The maximum atomic E-state index is 9.14. The molecule has 3 aromatic rings. The van der Waals surface area contributed by atoms with E-state index in [-0.39, 0.29) is 6.61 Å². The second-order valence-electron chi connectivity index (χ2n) is 5.78. The third-order valence-corrected chi connectivity index (χ3v) is 4.40. The van der Waals surface area contributed by atoms with Crippen LogP contribution in [0.2, 0.25) is 0 Å². The lowest BCUT2D eigenvalue weighted by Crippen LogP contribution is -2.03. The Bertz CT molecular complexity index is 913. The summed E-state index contributed by atoms with van der Waals surface area (Å²) in [6.45, 7) is 2.72. The molecule has 1 heterocycles. The summed E-state index contributed by atoms with van der Waals surface area (Å²) in [6.07, 6.45) is 0.602. The molecule has 25 heavy (non-hydrogen) atoms. The van der Waals surface area contributed by atoms with Gasteiger partial charge in [0.1, 0.15) is 5.75 Å². The summed E-state index contributed by atoms with van der Waals surface area (Å²) >= 11 is 5.66. The normalized spacial score (nSPS) is 10.8. The number of methoxy groups -OCH3 is 1. The fraction of sp³-hybridized carbons (Fsp3) is 0.263. The van der Waals surface area contributed by atoms with Crippen molar-refractivity contribution in [1.29, 1.82) is 0 Å². The van der Waals surface area contributed by atoms with E-state index in [1.165, 1.54) is 5.56 Å². The highest BCUT2D eigenvalue weighted by Crippen LogP contribution is 2.30. The standard InChI is InChI=1S/C19H21N3O2S/c1-14-8-10-15(11-9-14)22-18(16-6-3-4-7-17(16)24-2)20-21(19(22)25)12-5-13-23/h3-4,6-11,23H,5,12-13H2,1-2H3. The van der Waals surface area contributed by atoms with Crippen LogP contribution in [-0.2, 0) is 6.54 Å². The minimum atomic E-state index is 0.100. The quantitative estimate of drug-likeness (QED) is 0.684. The first kappa shape index (κ1) is 17.4. The number of para-hydroxylation sites is 1. The van der Waals surface area contributed by atoms with Crippen molar-refractivity contribution in [1.82, 2.24) is 14.3 Å². The molecule has 0 atom stereocenters. The summed E-state index contributed by atoms with van der Waals surface area (Å²) in [5, 5.41) is 13.8. The molecule has 0 amide bonds. The van der Waals surface area contributed by atoms with Gasteiger partial charge in [0.15, 0.2) is 5.82 Å². The van der Waals surface area contributed by atoms with Crippen LogP contribution >= 0.6 is 12.2 Å². The molecule has 6 heteroatoms. The third-order valence-electron chi connectivity index (χ3n) is 4.01. The summed E-state index contributed by atoms with van der Waals surface area (Å²) < 4.78 is 9.80. The smallest absolute Gasteiger partial charge is 0.202 e. The van der Waals surface area contributed by atoms with Crippen LogP contribution in [0.1, 0.15) is 12.0 Å². The van der Waals surface area contributed by atoms with Crippen molar-refractivity contribution in [2.45, 2.75) is 19.9 Å². The fourth-order valence-electron chi connectivity index (χ4n) is 2.70. The van der Waals surface area contributed by atoms with Gasteiger partial charge in [-0.2, -0.15) is 5.10 Å². The summed E-state index contributed by atoms with van der Waals surface area (Å²) in [7, 11) is 1.65. The summed E-state index contributed by atoms with van der Waals surface area (Å²) in [6, 6.07) is 15.9. The van der Waals surface area contributed by atoms with Crippen molar-refractivity contribution >= 4 is 12.2 Å². The molecule has 0 fully saturated rings. The van der Waals surface area contributed by atoms with E-state index in [0.29, 0.717) is 17.7 Å². The molecule has 0 aliphatic heterocycles. The van der Waals surface area contributed by atoms with Crippen LogP contribution in [0.4, 0.5) is 0 Å². The average molecular weight is 355 g/mol. The second kappa shape index (κ2) is 7.63. The minimum Gasteiger partial charge on any atom is -0.496 e. The average Bonchev–Trinajstić information content (AvgIpc) is 2.97. The molecule has 0 bridgehead atoms. The van der Waals surface area contributed by atoms with Gasteiger partial charge in [0.25, 0.3) is 0 Å². The zero-order chi connectivity index (χ0) is 17.8. The molecule has 0 aliphatic rings. The first-order valence-corrected chi connectivity index (χ1v) is 8.57. The minimum absolute atomic E-state index is 0.100. The maximum absolute atomic E-state index is 9.14. The topological polar surface area (TPSA) is 52.2 Å². The first-order chi connectivity index (χ1) is 12.2. The molecule has 0 radical (unpaired) electrons. The molecule has 0 spiro atoms. The van der Waals surface area contributed by atoms with Crippen molar-refractivity contribution in [3.05, 3.63) is 58.9 Å². The number of nitrogens with zero attached hydrogens (tertiary/aromatic N) is 3. The summed E-state index contributed by atoms with van der Waals surface area (Å²) in [5.41, 5.74) is 3.01. The van der Waals surface area contributed by atoms with E-state index in [0.717, 1.165) is 22.8 Å². The number of benzene rings is 2. The zero-order valence-corrected chi connectivity index (χ0v) is 15.2. The van der Waals surface area contributed by atoms with E-state index < -0.39 is 0 Å². The lowest BCUT2D eigenvalue weighted by atomic mass is 10.1. The van der Waals surface area contributed by atoms with Gasteiger partial charge in [0, 0.05) is 18.8 Å². The van der Waals surface area contributed by atoms with E-state index >= 15 is 0 Å². The van der Waals surface area contributed by atoms with Gasteiger partial charge in [-0.25, -0.2) is 4.68 Å². The van der Waals surface area contributed by atoms with Crippen molar-refractivity contribution < 1.29 is 9.84 Å². The third kappa shape index (κ3) is 3.50.